The van der Waals surface area contributed by atoms with Crippen LogP contribution < -0.4 is 15.4 Å². The van der Waals surface area contributed by atoms with Crippen LogP contribution in [-0.2, 0) is 0 Å². The van der Waals surface area contributed by atoms with Gasteiger partial charge in [0, 0.05) is 13.1 Å². The molecule has 0 fully saturated rings. The zero-order chi connectivity index (χ0) is 13.8. The SMILES string of the molecule is CC(C)C(O)CNC(=O)c1cccc2c1OCCN2. The molecule has 1 unspecified atom stereocenters. The van der Waals surface area contributed by atoms with Gasteiger partial charge in [0.2, 0.25) is 0 Å². The Morgan fingerprint density at radius 2 is 2.32 bits per heavy atom. The van der Waals surface area contributed by atoms with Crippen LogP contribution in [0.4, 0.5) is 5.69 Å². The highest BCUT2D eigenvalue weighted by molar-refractivity contribution is 5.99. The van der Waals surface area contributed by atoms with E-state index in [-0.39, 0.29) is 18.4 Å². The van der Waals surface area contributed by atoms with Gasteiger partial charge in [-0.3, -0.25) is 4.79 Å². The lowest BCUT2D eigenvalue weighted by molar-refractivity contribution is 0.0868. The van der Waals surface area contributed by atoms with Gasteiger partial charge in [0.25, 0.3) is 5.91 Å². The number of anilines is 1. The van der Waals surface area contributed by atoms with Crippen molar-refractivity contribution in [3.63, 3.8) is 0 Å². The molecule has 0 bridgehead atoms. The smallest absolute Gasteiger partial charge is 0.255 e. The van der Waals surface area contributed by atoms with Crippen LogP contribution in [0, 0.1) is 5.92 Å². The maximum atomic E-state index is 12.1. The summed E-state index contributed by atoms with van der Waals surface area (Å²) in [5, 5.41) is 15.6. The molecule has 5 nitrogen and oxygen atoms in total. The highest BCUT2D eigenvalue weighted by Gasteiger charge is 2.19. The predicted molar refractivity (Wildman–Crippen MR) is 73.6 cm³/mol. The van der Waals surface area contributed by atoms with E-state index in [1.807, 2.05) is 26.0 Å². The molecule has 1 amide bonds. The third-order valence-electron chi connectivity index (χ3n) is 3.16. The van der Waals surface area contributed by atoms with Gasteiger partial charge in [-0.15, -0.1) is 0 Å². The molecule has 1 aromatic carbocycles. The molecule has 1 aliphatic heterocycles. The molecule has 19 heavy (non-hydrogen) atoms. The van der Waals surface area contributed by atoms with Crippen LogP contribution in [0.15, 0.2) is 18.2 Å². The molecule has 0 aliphatic carbocycles. The van der Waals surface area contributed by atoms with Gasteiger partial charge in [-0.25, -0.2) is 0 Å². The lowest BCUT2D eigenvalue weighted by atomic mass is 10.1. The minimum Gasteiger partial charge on any atom is -0.489 e. The first-order chi connectivity index (χ1) is 9.09. The monoisotopic (exact) mass is 264 g/mol. The normalized spacial score (nSPS) is 15.2. The fraction of sp³-hybridized carbons (Fsp3) is 0.500. The Balaban J connectivity index is 2.07. The number of ether oxygens (including phenoxy) is 1. The zero-order valence-electron chi connectivity index (χ0n) is 11.3. The van der Waals surface area contributed by atoms with Gasteiger partial charge in [-0.1, -0.05) is 19.9 Å². The summed E-state index contributed by atoms with van der Waals surface area (Å²) in [5.74, 6) is 0.480. The molecule has 1 aliphatic rings. The van der Waals surface area contributed by atoms with Gasteiger partial charge >= 0.3 is 0 Å². The van der Waals surface area contributed by atoms with Crippen molar-refractivity contribution in [1.82, 2.24) is 5.32 Å². The fourth-order valence-electron chi connectivity index (χ4n) is 1.88. The number of carbonyl (C=O) groups excluding carboxylic acids is 1. The second-order valence-corrected chi connectivity index (χ2v) is 4.98. The van der Waals surface area contributed by atoms with E-state index >= 15 is 0 Å². The van der Waals surface area contributed by atoms with E-state index in [2.05, 4.69) is 10.6 Å². The van der Waals surface area contributed by atoms with Crippen LogP contribution in [0.2, 0.25) is 0 Å². The summed E-state index contributed by atoms with van der Waals surface area (Å²) in [6, 6.07) is 5.42. The maximum absolute atomic E-state index is 12.1. The van der Waals surface area contributed by atoms with E-state index in [1.54, 1.807) is 6.07 Å². The summed E-state index contributed by atoms with van der Waals surface area (Å²) in [7, 11) is 0. The molecule has 0 radical (unpaired) electrons. The number of hydrogen-bond acceptors (Lipinski definition) is 4. The summed E-state index contributed by atoms with van der Waals surface area (Å²) in [4.78, 5) is 12.1. The molecular weight excluding hydrogens is 244 g/mol. The van der Waals surface area contributed by atoms with Gasteiger partial charge < -0.3 is 20.5 Å². The molecule has 2 rings (SSSR count). The van der Waals surface area contributed by atoms with Crippen molar-refractivity contribution in [2.45, 2.75) is 20.0 Å². The van der Waals surface area contributed by atoms with E-state index in [1.165, 1.54) is 0 Å². The third kappa shape index (κ3) is 3.17. The summed E-state index contributed by atoms with van der Waals surface area (Å²) in [6.07, 6.45) is -0.539. The van der Waals surface area contributed by atoms with Crippen molar-refractivity contribution in [2.75, 3.05) is 25.0 Å². The second-order valence-electron chi connectivity index (χ2n) is 4.98. The molecule has 1 atom stereocenters. The molecule has 5 heteroatoms. The Morgan fingerprint density at radius 3 is 3.05 bits per heavy atom. The molecule has 1 aromatic rings. The quantitative estimate of drug-likeness (QED) is 0.765. The lowest BCUT2D eigenvalue weighted by Crippen LogP contribution is -2.35. The molecule has 0 saturated carbocycles. The number of carbonyl (C=O) groups is 1. The van der Waals surface area contributed by atoms with Gasteiger partial charge in [0.1, 0.15) is 6.61 Å². The van der Waals surface area contributed by atoms with E-state index in [0.29, 0.717) is 17.9 Å². The largest absolute Gasteiger partial charge is 0.489 e. The number of para-hydroxylation sites is 1. The Labute approximate surface area is 113 Å². The highest BCUT2D eigenvalue weighted by Crippen LogP contribution is 2.30. The summed E-state index contributed by atoms with van der Waals surface area (Å²) in [5.41, 5.74) is 1.34. The van der Waals surface area contributed by atoms with E-state index < -0.39 is 6.10 Å². The first-order valence-corrected chi connectivity index (χ1v) is 6.55. The van der Waals surface area contributed by atoms with Gasteiger partial charge in [-0.05, 0) is 18.1 Å². The molecule has 1 heterocycles. The number of amides is 1. The van der Waals surface area contributed by atoms with Crippen LogP contribution in [0.25, 0.3) is 0 Å². The Hall–Kier alpha value is -1.75. The molecule has 104 valence electrons. The lowest BCUT2D eigenvalue weighted by Gasteiger charge is -2.22. The molecular formula is C14H20N2O3. The van der Waals surface area contributed by atoms with Crippen molar-refractivity contribution in [2.24, 2.45) is 5.92 Å². The van der Waals surface area contributed by atoms with Crippen LogP contribution in [0.3, 0.4) is 0 Å². The molecule has 3 N–H and O–H groups in total. The van der Waals surface area contributed by atoms with E-state index in [0.717, 1.165) is 12.2 Å². The number of nitrogens with one attached hydrogen (secondary N) is 2. The van der Waals surface area contributed by atoms with Gasteiger partial charge in [0.15, 0.2) is 5.75 Å². The number of rotatable bonds is 4. The predicted octanol–water partition coefficient (Wildman–Crippen LogP) is 1.24. The minimum atomic E-state index is -0.539. The molecule has 0 spiro atoms. The standard InChI is InChI=1S/C14H20N2O3/c1-9(2)12(17)8-16-14(18)10-4-3-5-11-13(10)19-7-6-15-11/h3-5,9,12,15,17H,6-8H2,1-2H3,(H,16,18). The van der Waals surface area contributed by atoms with Crippen LogP contribution in [0.1, 0.15) is 24.2 Å². The van der Waals surface area contributed by atoms with Crippen LogP contribution in [0.5, 0.6) is 5.75 Å². The zero-order valence-corrected chi connectivity index (χ0v) is 11.3. The topological polar surface area (TPSA) is 70.6 Å². The summed E-state index contributed by atoms with van der Waals surface area (Å²) < 4.78 is 5.54. The Morgan fingerprint density at radius 1 is 1.53 bits per heavy atom. The summed E-state index contributed by atoms with van der Waals surface area (Å²) >= 11 is 0. The fourth-order valence-corrected chi connectivity index (χ4v) is 1.88. The second kappa shape index (κ2) is 5.93. The maximum Gasteiger partial charge on any atom is 0.255 e. The average Bonchev–Trinajstić information content (AvgIpc) is 2.43. The molecule has 0 saturated heterocycles. The number of hydrogen-bond donors (Lipinski definition) is 3. The third-order valence-corrected chi connectivity index (χ3v) is 3.16. The number of aliphatic hydroxyl groups excluding tert-OH is 1. The Bertz CT molecular complexity index is 460. The first-order valence-electron chi connectivity index (χ1n) is 6.55. The van der Waals surface area contributed by atoms with Crippen LogP contribution in [-0.4, -0.2) is 36.8 Å². The van der Waals surface area contributed by atoms with Crippen molar-refractivity contribution >= 4 is 11.6 Å². The van der Waals surface area contributed by atoms with Gasteiger partial charge in [0.05, 0.1) is 17.4 Å². The van der Waals surface area contributed by atoms with Gasteiger partial charge in [-0.2, -0.15) is 0 Å². The van der Waals surface area contributed by atoms with Crippen molar-refractivity contribution in [3.8, 4) is 5.75 Å². The summed E-state index contributed by atoms with van der Waals surface area (Å²) in [6.45, 7) is 5.35. The Kier molecular flexibility index (Phi) is 4.27. The van der Waals surface area contributed by atoms with E-state index in [4.69, 9.17) is 4.74 Å². The van der Waals surface area contributed by atoms with Crippen molar-refractivity contribution in [1.29, 1.82) is 0 Å². The number of aliphatic hydroxyl groups is 1. The van der Waals surface area contributed by atoms with Crippen LogP contribution >= 0.6 is 0 Å². The minimum absolute atomic E-state index is 0.114. The highest BCUT2D eigenvalue weighted by atomic mass is 16.5. The number of fused-ring (bicyclic) bond motifs is 1. The van der Waals surface area contributed by atoms with Crippen molar-refractivity contribution < 1.29 is 14.6 Å². The molecule has 0 aromatic heterocycles. The van der Waals surface area contributed by atoms with Crippen molar-refractivity contribution in [3.05, 3.63) is 23.8 Å². The first kappa shape index (κ1) is 13.7. The number of benzene rings is 1. The van der Waals surface area contributed by atoms with E-state index in [9.17, 15) is 9.90 Å². The average molecular weight is 264 g/mol.